The number of benzene rings is 1. The number of thiocarbonyl (C=S) groups is 1. The molecule has 1 aromatic rings. The van der Waals surface area contributed by atoms with Crippen LogP contribution in [0.2, 0.25) is 0 Å². The van der Waals surface area contributed by atoms with Crippen molar-refractivity contribution in [1.29, 1.82) is 0 Å². The Hall–Kier alpha value is -0.500. The summed E-state index contributed by atoms with van der Waals surface area (Å²) < 4.78 is 28.4. The number of halogens is 1. The van der Waals surface area contributed by atoms with Crippen LogP contribution in [0.3, 0.4) is 0 Å². The zero-order chi connectivity index (χ0) is 15.5. The van der Waals surface area contributed by atoms with Gasteiger partial charge < -0.3 is 5.73 Å². The first-order valence-corrected chi connectivity index (χ1v) is 9.66. The molecule has 3 N–H and O–H groups in total. The van der Waals surface area contributed by atoms with Gasteiger partial charge in [0.05, 0.1) is 15.9 Å². The smallest absolute Gasteiger partial charge is 0.241 e. The van der Waals surface area contributed by atoms with Gasteiger partial charge in [-0.05, 0) is 37.0 Å². The normalized spacial score (nSPS) is 18.3. The molecule has 0 bridgehead atoms. The van der Waals surface area contributed by atoms with Gasteiger partial charge in [0.25, 0.3) is 0 Å². The Morgan fingerprint density at radius 2 is 2.00 bits per heavy atom. The van der Waals surface area contributed by atoms with Gasteiger partial charge in [-0.2, -0.15) is 0 Å². The number of rotatable bonds is 5. The van der Waals surface area contributed by atoms with Crippen molar-refractivity contribution in [2.24, 2.45) is 11.7 Å². The zero-order valence-electron chi connectivity index (χ0n) is 11.6. The number of hydrogen-bond acceptors (Lipinski definition) is 3. The van der Waals surface area contributed by atoms with Crippen LogP contribution >= 0.6 is 28.1 Å². The van der Waals surface area contributed by atoms with Crippen LogP contribution in [-0.2, 0) is 10.0 Å². The Kier molecular flexibility index (Phi) is 5.76. The van der Waals surface area contributed by atoms with Crippen molar-refractivity contribution < 1.29 is 8.42 Å². The van der Waals surface area contributed by atoms with E-state index in [-0.39, 0.29) is 15.8 Å². The summed E-state index contributed by atoms with van der Waals surface area (Å²) in [4.78, 5) is 0.439. The molecule has 1 fully saturated rings. The van der Waals surface area contributed by atoms with Crippen LogP contribution in [-0.4, -0.2) is 19.4 Å². The summed E-state index contributed by atoms with van der Waals surface area (Å²) in [5.74, 6) is 0.193. The quantitative estimate of drug-likeness (QED) is 0.757. The molecule has 0 aromatic heterocycles. The molecule has 1 aromatic carbocycles. The predicted octanol–water partition coefficient (Wildman–Crippen LogP) is 2.96. The first-order chi connectivity index (χ1) is 9.90. The molecule has 1 saturated carbocycles. The van der Waals surface area contributed by atoms with Crippen molar-refractivity contribution in [2.75, 3.05) is 0 Å². The molecule has 116 valence electrons. The number of hydrogen-bond donors (Lipinski definition) is 2. The second kappa shape index (κ2) is 7.17. The molecular weight excluding hydrogens is 372 g/mol. The minimum Gasteiger partial charge on any atom is -0.392 e. The Labute approximate surface area is 139 Å². The van der Waals surface area contributed by atoms with Crippen LogP contribution in [0.4, 0.5) is 0 Å². The van der Waals surface area contributed by atoms with Crippen molar-refractivity contribution in [3.8, 4) is 0 Å². The van der Waals surface area contributed by atoms with Gasteiger partial charge >= 0.3 is 0 Å². The van der Waals surface area contributed by atoms with E-state index in [4.69, 9.17) is 18.0 Å². The minimum absolute atomic E-state index is 0.193. The van der Waals surface area contributed by atoms with Crippen molar-refractivity contribution in [3.05, 3.63) is 28.7 Å². The standard InChI is InChI=1S/C14H19BrN2O2S2/c15-11-7-4-8-12(9-11)21(18,19)17-13(14(16)20)10-5-2-1-3-6-10/h4,7-10,13,17H,1-3,5-6H2,(H2,16,20). The van der Waals surface area contributed by atoms with Gasteiger partial charge in [-0.1, -0.05) is 53.5 Å². The average Bonchev–Trinajstić information content (AvgIpc) is 2.45. The molecule has 1 aliphatic rings. The molecule has 0 amide bonds. The third kappa shape index (κ3) is 4.48. The first kappa shape index (κ1) is 16.9. The summed E-state index contributed by atoms with van der Waals surface area (Å²) in [6.45, 7) is 0. The lowest BCUT2D eigenvalue weighted by molar-refractivity contribution is 0.330. The Balaban J connectivity index is 2.21. The third-order valence-electron chi connectivity index (χ3n) is 3.82. The number of sulfonamides is 1. The van der Waals surface area contributed by atoms with Crippen LogP contribution in [0.15, 0.2) is 33.6 Å². The maximum Gasteiger partial charge on any atom is 0.241 e. The lowest BCUT2D eigenvalue weighted by atomic mass is 9.84. The fourth-order valence-corrected chi connectivity index (χ4v) is 4.93. The van der Waals surface area contributed by atoms with Gasteiger partial charge in [-0.3, -0.25) is 0 Å². The molecule has 0 spiro atoms. The molecule has 7 heteroatoms. The molecule has 0 saturated heterocycles. The van der Waals surface area contributed by atoms with Crippen LogP contribution in [0.5, 0.6) is 0 Å². The van der Waals surface area contributed by atoms with E-state index in [2.05, 4.69) is 20.7 Å². The van der Waals surface area contributed by atoms with E-state index in [1.165, 1.54) is 6.42 Å². The van der Waals surface area contributed by atoms with Gasteiger partial charge in [0.15, 0.2) is 0 Å². The first-order valence-electron chi connectivity index (χ1n) is 6.97. The Morgan fingerprint density at radius 1 is 1.33 bits per heavy atom. The Morgan fingerprint density at radius 3 is 2.57 bits per heavy atom. The van der Waals surface area contributed by atoms with E-state index in [9.17, 15) is 8.42 Å². The molecule has 2 rings (SSSR count). The zero-order valence-corrected chi connectivity index (χ0v) is 14.8. The highest BCUT2D eigenvalue weighted by atomic mass is 79.9. The van der Waals surface area contributed by atoms with E-state index in [1.54, 1.807) is 24.3 Å². The van der Waals surface area contributed by atoms with E-state index < -0.39 is 16.1 Å². The third-order valence-corrected chi connectivity index (χ3v) is 6.00. The van der Waals surface area contributed by atoms with E-state index >= 15 is 0 Å². The second-order valence-corrected chi connectivity index (χ2v) is 8.46. The maximum absolute atomic E-state index is 12.5. The second-order valence-electron chi connectivity index (χ2n) is 5.36. The maximum atomic E-state index is 12.5. The summed E-state index contributed by atoms with van der Waals surface area (Å²) in [5, 5.41) is 0. The largest absolute Gasteiger partial charge is 0.392 e. The van der Waals surface area contributed by atoms with E-state index in [0.29, 0.717) is 0 Å². The topological polar surface area (TPSA) is 72.2 Å². The molecule has 4 nitrogen and oxygen atoms in total. The Bertz CT molecular complexity index is 613. The van der Waals surface area contributed by atoms with Crippen LogP contribution < -0.4 is 10.5 Å². The SMILES string of the molecule is NC(=S)C(NS(=O)(=O)c1cccc(Br)c1)C1CCCCC1. The van der Waals surface area contributed by atoms with E-state index in [0.717, 1.165) is 30.2 Å². The van der Waals surface area contributed by atoms with Gasteiger partial charge in [0, 0.05) is 4.47 Å². The fraction of sp³-hybridized carbons (Fsp3) is 0.500. The van der Waals surface area contributed by atoms with Gasteiger partial charge in [-0.25, -0.2) is 13.1 Å². The lowest BCUT2D eigenvalue weighted by Gasteiger charge is -2.30. The minimum atomic E-state index is -3.62. The van der Waals surface area contributed by atoms with Gasteiger partial charge in [0.2, 0.25) is 10.0 Å². The lowest BCUT2D eigenvalue weighted by Crippen LogP contribution is -2.48. The van der Waals surface area contributed by atoms with Crippen molar-refractivity contribution in [1.82, 2.24) is 4.72 Å². The van der Waals surface area contributed by atoms with Crippen LogP contribution in [0.1, 0.15) is 32.1 Å². The monoisotopic (exact) mass is 390 g/mol. The van der Waals surface area contributed by atoms with Crippen LogP contribution in [0, 0.1) is 5.92 Å². The highest BCUT2D eigenvalue weighted by molar-refractivity contribution is 9.10. The molecule has 1 aliphatic carbocycles. The molecule has 1 unspecified atom stereocenters. The molecular formula is C14H19BrN2O2S2. The summed E-state index contributed by atoms with van der Waals surface area (Å²) in [7, 11) is -3.62. The predicted molar refractivity (Wildman–Crippen MR) is 91.6 cm³/mol. The summed E-state index contributed by atoms with van der Waals surface area (Å²) in [6, 6.07) is 6.13. The van der Waals surface area contributed by atoms with Gasteiger partial charge in [-0.15, -0.1) is 0 Å². The summed E-state index contributed by atoms with van der Waals surface area (Å²) in [5.41, 5.74) is 5.78. The summed E-state index contributed by atoms with van der Waals surface area (Å²) >= 11 is 8.37. The molecule has 0 heterocycles. The van der Waals surface area contributed by atoms with Gasteiger partial charge in [0.1, 0.15) is 0 Å². The summed E-state index contributed by atoms with van der Waals surface area (Å²) in [6.07, 6.45) is 5.32. The highest BCUT2D eigenvalue weighted by Gasteiger charge is 2.30. The fourth-order valence-electron chi connectivity index (χ4n) is 2.72. The van der Waals surface area contributed by atoms with Crippen LogP contribution in [0.25, 0.3) is 0 Å². The van der Waals surface area contributed by atoms with Crippen molar-refractivity contribution >= 4 is 43.2 Å². The van der Waals surface area contributed by atoms with Crippen molar-refractivity contribution in [3.63, 3.8) is 0 Å². The molecule has 1 atom stereocenters. The molecule has 21 heavy (non-hydrogen) atoms. The van der Waals surface area contributed by atoms with E-state index in [1.807, 2.05) is 0 Å². The average molecular weight is 391 g/mol. The number of nitrogens with one attached hydrogen (secondary N) is 1. The molecule has 0 radical (unpaired) electrons. The molecule has 0 aliphatic heterocycles. The van der Waals surface area contributed by atoms with Crippen molar-refractivity contribution in [2.45, 2.75) is 43.0 Å². The highest BCUT2D eigenvalue weighted by Crippen LogP contribution is 2.28. The number of nitrogens with two attached hydrogens (primary N) is 1.